The number of nitrogens with one attached hydrogen (secondary N) is 3. The number of carbonyl (C=O) groups is 1. The number of aromatic amines is 2. The van der Waals surface area contributed by atoms with Gasteiger partial charge >= 0.3 is 0 Å². The molecule has 1 unspecified atom stereocenters. The molecule has 4 aromatic rings. The molecule has 0 radical (unpaired) electrons. The summed E-state index contributed by atoms with van der Waals surface area (Å²) in [7, 11) is 0. The Balaban J connectivity index is 1.66. The Morgan fingerprint density at radius 1 is 0.926 bits per heavy atom. The fraction of sp³-hybridized carbons (Fsp3) is 0.0909. The summed E-state index contributed by atoms with van der Waals surface area (Å²) < 4.78 is 0. The lowest BCUT2D eigenvalue weighted by molar-refractivity contribution is 0.0951. The summed E-state index contributed by atoms with van der Waals surface area (Å²) in [5, 5.41) is 4.04. The third-order valence-electron chi connectivity index (χ3n) is 4.73. The van der Waals surface area contributed by atoms with Crippen LogP contribution in [0, 0.1) is 0 Å². The highest BCUT2D eigenvalue weighted by molar-refractivity contribution is 5.94. The van der Waals surface area contributed by atoms with E-state index in [4.69, 9.17) is 0 Å². The Morgan fingerprint density at radius 3 is 2.52 bits per heavy atom. The van der Waals surface area contributed by atoms with E-state index in [0.717, 1.165) is 22.0 Å². The van der Waals surface area contributed by atoms with Gasteiger partial charge in [0.05, 0.1) is 0 Å². The number of carbonyl (C=O) groups excluding carboxylic acids is 1. The van der Waals surface area contributed by atoms with Crippen molar-refractivity contribution in [2.75, 3.05) is 6.54 Å². The number of H-pyrrole nitrogens is 2. The van der Waals surface area contributed by atoms with Gasteiger partial charge in [0.25, 0.3) is 11.5 Å². The third kappa shape index (κ3) is 3.40. The maximum atomic E-state index is 12.5. The quantitative estimate of drug-likeness (QED) is 0.512. The first-order valence-electron chi connectivity index (χ1n) is 8.81. The molecular formula is C22H19N3O2. The van der Waals surface area contributed by atoms with E-state index in [-0.39, 0.29) is 17.4 Å². The smallest absolute Gasteiger partial charge is 0.260 e. The van der Waals surface area contributed by atoms with E-state index in [9.17, 15) is 9.59 Å². The molecule has 0 aliphatic carbocycles. The van der Waals surface area contributed by atoms with Crippen LogP contribution in [-0.2, 0) is 0 Å². The van der Waals surface area contributed by atoms with Gasteiger partial charge in [-0.3, -0.25) is 9.59 Å². The minimum absolute atomic E-state index is 0.0332. The van der Waals surface area contributed by atoms with Crippen LogP contribution in [0.15, 0.2) is 83.9 Å². The summed E-state index contributed by atoms with van der Waals surface area (Å²) in [5.41, 5.74) is 2.99. The number of para-hydroxylation sites is 1. The molecule has 0 saturated heterocycles. The van der Waals surface area contributed by atoms with Crippen LogP contribution < -0.4 is 10.9 Å². The molecule has 134 valence electrons. The molecule has 0 aliphatic heterocycles. The molecule has 3 N–H and O–H groups in total. The number of rotatable bonds is 5. The highest BCUT2D eigenvalue weighted by Crippen LogP contribution is 2.30. The number of benzene rings is 2. The van der Waals surface area contributed by atoms with Gasteiger partial charge in [-0.2, -0.15) is 0 Å². The average molecular weight is 357 g/mol. The second-order valence-electron chi connectivity index (χ2n) is 6.38. The van der Waals surface area contributed by atoms with Crippen LogP contribution in [0.5, 0.6) is 0 Å². The Morgan fingerprint density at radius 2 is 1.70 bits per heavy atom. The van der Waals surface area contributed by atoms with Crippen LogP contribution in [0.25, 0.3) is 10.9 Å². The van der Waals surface area contributed by atoms with Crippen molar-refractivity contribution in [1.82, 2.24) is 15.3 Å². The maximum Gasteiger partial charge on any atom is 0.260 e. The van der Waals surface area contributed by atoms with Crippen LogP contribution in [0.4, 0.5) is 0 Å². The standard InChI is InChI=1S/C22H19N3O2/c26-21-17(10-6-12-23-21)22(27)25-13-18(15-7-2-1-3-8-15)19-14-24-20-11-5-4-9-16(19)20/h1-12,14,18,24H,13H2,(H,23,26)(H,25,27). The Labute approximate surface area is 156 Å². The van der Waals surface area contributed by atoms with Gasteiger partial charge in [0.2, 0.25) is 0 Å². The summed E-state index contributed by atoms with van der Waals surface area (Å²) in [6.45, 7) is 0.388. The van der Waals surface area contributed by atoms with Crippen molar-refractivity contribution >= 4 is 16.8 Å². The summed E-state index contributed by atoms with van der Waals surface area (Å²) in [6.07, 6.45) is 3.50. The predicted octanol–water partition coefficient (Wildman–Crippen LogP) is 3.42. The van der Waals surface area contributed by atoms with Gasteiger partial charge in [-0.05, 0) is 29.3 Å². The molecule has 0 saturated carbocycles. The molecule has 0 aliphatic rings. The minimum atomic E-state index is -0.390. The fourth-order valence-corrected chi connectivity index (χ4v) is 3.37. The monoisotopic (exact) mass is 357 g/mol. The second kappa shape index (κ2) is 7.33. The van der Waals surface area contributed by atoms with Gasteiger partial charge in [-0.15, -0.1) is 0 Å². The van der Waals surface area contributed by atoms with E-state index in [1.165, 1.54) is 12.3 Å². The van der Waals surface area contributed by atoms with E-state index >= 15 is 0 Å². The Kier molecular flexibility index (Phi) is 4.58. The fourth-order valence-electron chi connectivity index (χ4n) is 3.37. The van der Waals surface area contributed by atoms with Gasteiger partial charge in [-0.1, -0.05) is 48.5 Å². The number of hydrogen-bond acceptors (Lipinski definition) is 2. The van der Waals surface area contributed by atoms with Gasteiger partial charge in [-0.25, -0.2) is 0 Å². The van der Waals surface area contributed by atoms with Crippen LogP contribution in [0.2, 0.25) is 0 Å². The molecule has 1 amide bonds. The largest absolute Gasteiger partial charge is 0.361 e. The zero-order valence-corrected chi connectivity index (χ0v) is 14.6. The molecule has 2 aromatic carbocycles. The van der Waals surface area contributed by atoms with Crippen molar-refractivity contribution in [3.05, 3.63) is 106 Å². The molecule has 5 nitrogen and oxygen atoms in total. The average Bonchev–Trinajstić information content (AvgIpc) is 3.13. The van der Waals surface area contributed by atoms with Crippen molar-refractivity contribution < 1.29 is 4.79 Å². The first kappa shape index (κ1) is 16.8. The highest BCUT2D eigenvalue weighted by atomic mass is 16.2. The predicted molar refractivity (Wildman–Crippen MR) is 106 cm³/mol. The lowest BCUT2D eigenvalue weighted by Crippen LogP contribution is -2.32. The molecule has 0 bridgehead atoms. The lowest BCUT2D eigenvalue weighted by atomic mass is 9.91. The second-order valence-corrected chi connectivity index (χ2v) is 6.38. The molecule has 1 atom stereocenters. The normalized spacial score (nSPS) is 12.0. The van der Waals surface area contributed by atoms with Crippen molar-refractivity contribution in [1.29, 1.82) is 0 Å². The molecule has 2 heterocycles. The lowest BCUT2D eigenvalue weighted by Gasteiger charge is -2.18. The topological polar surface area (TPSA) is 77.8 Å². The molecule has 0 fully saturated rings. The van der Waals surface area contributed by atoms with Gasteiger partial charge in [0.1, 0.15) is 5.56 Å². The van der Waals surface area contributed by atoms with E-state index in [0.29, 0.717) is 6.54 Å². The Hall–Kier alpha value is -3.60. The van der Waals surface area contributed by atoms with Gasteiger partial charge < -0.3 is 15.3 Å². The molecule has 0 spiro atoms. The maximum absolute atomic E-state index is 12.5. The van der Waals surface area contributed by atoms with Crippen molar-refractivity contribution in [3.63, 3.8) is 0 Å². The first-order chi connectivity index (χ1) is 13.2. The number of aromatic nitrogens is 2. The summed E-state index contributed by atoms with van der Waals surface area (Å²) in [4.78, 5) is 30.2. The van der Waals surface area contributed by atoms with Crippen LogP contribution in [0.3, 0.4) is 0 Å². The van der Waals surface area contributed by atoms with E-state index in [2.05, 4.69) is 21.4 Å². The van der Waals surface area contributed by atoms with Crippen molar-refractivity contribution in [2.24, 2.45) is 0 Å². The zero-order valence-electron chi connectivity index (χ0n) is 14.6. The van der Waals surface area contributed by atoms with E-state index in [1.807, 2.05) is 54.7 Å². The van der Waals surface area contributed by atoms with Crippen LogP contribution in [-0.4, -0.2) is 22.4 Å². The van der Waals surface area contributed by atoms with Crippen molar-refractivity contribution in [3.8, 4) is 0 Å². The highest BCUT2D eigenvalue weighted by Gasteiger charge is 2.20. The van der Waals surface area contributed by atoms with E-state index in [1.54, 1.807) is 6.07 Å². The summed E-state index contributed by atoms with van der Waals surface area (Å²) >= 11 is 0. The van der Waals surface area contributed by atoms with Gasteiger partial charge in [0.15, 0.2) is 0 Å². The third-order valence-corrected chi connectivity index (χ3v) is 4.73. The molecular weight excluding hydrogens is 338 g/mol. The van der Waals surface area contributed by atoms with Crippen LogP contribution in [0.1, 0.15) is 27.4 Å². The minimum Gasteiger partial charge on any atom is -0.361 e. The number of pyridine rings is 1. The van der Waals surface area contributed by atoms with Crippen molar-refractivity contribution in [2.45, 2.75) is 5.92 Å². The number of hydrogen-bond donors (Lipinski definition) is 3. The first-order valence-corrected chi connectivity index (χ1v) is 8.81. The summed E-state index contributed by atoms with van der Waals surface area (Å²) in [5.74, 6) is -0.410. The van der Waals surface area contributed by atoms with Gasteiger partial charge in [0, 0.05) is 35.8 Å². The van der Waals surface area contributed by atoms with Crippen LogP contribution >= 0.6 is 0 Å². The number of amides is 1. The summed E-state index contributed by atoms with van der Waals surface area (Å²) in [6, 6.07) is 21.3. The van der Waals surface area contributed by atoms with E-state index < -0.39 is 5.56 Å². The molecule has 2 aromatic heterocycles. The SMILES string of the molecule is O=C(NCC(c1ccccc1)c1c[nH]c2ccccc12)c1ccc[nH]c1=O. The molecule has 5 heteroatoms. The zero-order chi connectivity index (χ0) is 18.6. The number of fused-ring (bicyclic) bond motifs is 1. The molecule has 27 heavy (non-hydrogen) atoms. The molecule has 4 rings (SSSR count). The Bertz CT molecular complexity index is 1130.